The molecule has 0 saturated heterocycles. The lowest BCUT2D eigenvalue weighted by Gasteiger charge is -2.06. The molecule has 2 rings (SSSR count). The number of benzene rings is 1. The van der Waals surface area contributed by atoms with Crippen molar-refractivity contribution in [2.75, 3.05) is 5.75 Å². The number of thioether (sulfide) groups is 1. The first-order valence-electron chi connectivity index (χ1n) is 6.54. The molecule has 1 aromatic carbocycles. The standard InChI is InChI=1S/C14H18N4OS/c1-3-12-16-14(18-17-12)20-9-13(19)15-8-11-7-5-4-6-10(11)2/h4-7H,3,8-9H2,1-2H3,(H,15,19)(H,16,17,18). The number of hydrogen-bond donors (Lipinski definition) is 2. The Morgan fingerprint density at radius 1 is 1.40 bits per heavy atom. The number of nitrogens with one attached hydrogen (secondary N) is 2. The van der Waals surface area contributed by atoms with Crippen LogP contribution in [0.25, 0.3) is 0 Å². The molecule has 0 fully saturated rings. The number of aromatic amines is 1. The maximum Gasteiger partial charge on any atom is 0.230 e. The number of aromatic nitrogens is 3. The van der Waals surface area contributed by atoms with E-state index >= 15 is 0 Å². The minimum Gasteiger partial charge on any atom is -0.351 e. The Morgan fingerprint density at radius 3 is 2.90 bits per heavy atom. The summed E-state index contributed by atoms with van der Waals surface area (Å²) in [6.45, 7) is 4.60. The van der Waals surface area contributed by atoms with Crippen molar-refractivity contribution in [3.8, 4) is 0 Å². The third-order valence-corrected chi connectivity index (χ3v) is 3.76. The number of carbonyl (C=O) groups is 1. The second-order valence-corrected chi connectivity index (χ2v) is 5.35. The van der Waals surface area contributed by atoms with E-state index in [2.05, 4.69) is 20.5 Å². The highest BCUT2D eigenvalue weighted by atomic mass is 32.2. The number of rotatable bonds is 6. The van der Waals surface area contributed by atoms with Crippen molar-refractivity contribution in [3.63, 3.8) is 0 Å². The normalized spacial score (nSPS) is 10.5. The van der Waals surface area contributed by atoms with E-state index in [0.29, 0.717) is 17.5 Å². The zero-order chi connectivity index (χ0) is 14.4. The minimum atomic E-state index is -0.0129. The third-order valence-electron chi connectivity index (χ3n) is 2.92. The van der Waals surface area contributed by atoms with E-state index in [1.165, 1.54) is 17.3 Å². The lowest BCUT2D eigenvalue weighted by molar-refractivity contribution is -0.118. The van der Waals surface area contributed by atoms with Crippen LogP contribution in [0.4, 0.5) is 0 Å². The number of nitrogens with zero attached hydrogens (tertiary/aromatic N) is 2. The topological polar surface area (TPSA) is 70.7 Å². The zero-order valence-electron chi connectivity index (χ0n) is 11.6. The van der Waals surface area contributed by atoms with Gasteiger partial charge in [-0.15, -0.1) is 5.10 Å². The predicted molar refractivity (Wildman–Crippen MR) is 79.5 cm³/mol. The van der Waals surface area contributed by atoms with Gasteiger partial charge in [-0.2, -0.15) is 0 Å². The Bertz CT molecular complexity index is 582. The molecule has 2 aromatic rings. The minimum absolute atomic E-state index is 0.0129. The highest BCUT2D eigenvalue weighted by molar-refractivity contribution is 7.99. The van der Waals surface area contributed by atoms with E-state index in [4.69, 9.17) is 0 Å². The first-order chi connectivity index (χ1) is 9.69. The summed E-state index contributed by atoms with van der Waals surface area (Å²) in [6.07, 6.45) is 0.813. The first-order valence-corrected chi connectivity index (χ1v) is 7.53. The van der Waals surface area contributed by atoms with Crippen LogP contribution >= 0.6 is 11.8 Å². The second kappa shape index (κ2) is 7.09. The van der Waals surface area contributed by atoms with Crippen molar-refractivity contribution in [1.82, 2.24) is 20.5 Å². The fourth-order valence-electron chi connectivity index (χ4n) is 1.68. The largest absolute Gasteiger partial charge is 0.351 e. The number of amides is 1. The quantitative estimate of drug-likeness (QED) is 0.799. The van der Waals surface area contributed by atoms with E-state index in [0.717, 1.165) is 17.8 Å². The molecule has 0 aliphatic heterocycles. The summed E-state index contributed by atoms with van der Waals surface area (Å²) < 4.78 is 0. The van der Waals surface area contributed by atoms with Crippen LogP contribution in [0.1, 0.15) is 23.9 Å². The van der Waals surface area contributed by atoms with Gasteiger partial charge in [0.15, 0.2) is 0 Å². The summed E-state index contributed by atoms with van der Waals surface area (Å²) >= 11 is 1.34. The molecule has 106 valence electrons. The SMILES string of the molecule is CCc1nc(SCC(=O)NCc2ccccc2C)n[nH]1. The average molecular weight is 290 g/mol. The number of aryl methyl sites for hydroxylation is 2. The Hall–Kier alpha value is -1.82. The fourth-order valence-corrected chi connectivity index (χ4v) is 2.33. The van der Waals surface area contributed by atoms with Gasteiger partial charge in [0.2, 0.25) is 11.1 Å². The highest BCUT2D eigenvalue weighted by Crippen LogP contribution is 2.12. The van der Waals surface area contributed by atoms with Gasteiger partial charge in [0.25, 0.3) is 0 Å². The highest BCUT2D eigenvalue weighted by Gasteiger charge is 2.07. The molecule has 0 aliphatic rings. The molecular formula is C14H18N4OS. The van der Waals surface area contributed by atoms with Crippen LogP contribution in [0.2, 0.25) is 0 Å². The van der Waals surface area contributed by atoms with Crippen LogP contribution in [0.15, 0.2) is 29.4 Å². The van der Waals surface area contributed by atoms with Crippen molar-refractivity contribution in [2.45, 2.75) is 32.0 Å². The van der Waals surface area contributed by atoms with Crippen molar-refractivity contribution in [3.05, 3.63) is 41.2 Å². The van der Waals surface area contributed by atoms with Gasteiger partial charge in [-0.25, -0.2) is 4.98 Å². The smallest absolute Gasteiger partial charge is 0.230 e. The maximum atomic E-state index is 11.8. The molecule has 0 spiro atoms. The number of carbonyl (C=O) groups excluding carboxylic acids is 1. The third kappa shape index (κ3) is 4.09. The fraction of sp³-hybridized carbons (Fsp3) is 0.357. The van der Waals surface area contributed by atoms with E-state index in [9.17, 15) is 4.79 Å². The predicted octanol–water partition coefficient (Wildman–Crippen LogP) is 2.08. The zero-order valence-corrected chi connectivity index (χ0v) is 12.5. The van der Waals surface area contributed by atoms with Crippen LogP contribution in [0.5, 0.6) is 0 Å². The molecule has 0 saturated carbocycles. The summed E-state index contributed by atoms with van der Waals surface area (Å²) in [7, 11) is 0. The van der Waals surface area contributed by atoms with E-state index in [-0.39, 0.29) is 5.91 Å². The molecule has 0 bridgehead atoms. The number of hydrogen-bond acceptors (Lipinski definition) is 4. The molecule has 20 heavy (non-hydrogen) atoms. The summed E-state index contributed by atoms with van der Waals surface area (Å²) in [5.41, 5.74) is 2.32. The average Bonchev–Trinajstić information content (AvgIpc) is 2.92. The molecule has 1 amide bonds. The molecule has 0 radical (unpaired) electrons. The van der Waals surface area contributed by atoms with Gasteiger partial charge in [-0.3, -0.25) is 9.89 Å². The monoisotopic (exact) mass is 290 g/mol. The lowest BCUT2D eigenvalue weighted by atomic mass is 10.1. The first kappa shape index (κ1) is 14.6. The Morgan fingerprint density at radius 2 is 2.20 bits per heavy atom. The van der Waals surface area contributed by atoms with Crippen LogP contribution in [0.3, 0.4) is 0 Å². The molecule has 6 heteroatoms. The molecule has 2 N–H and O–H groups in total. The van der Waals surface area contributed by atoms with Gasteiger partial charge in [0.1, 0.15) is 5.82 Å². The van der Waals surface area contributed by atoms with Crippen molar-refractivity contribution in [1.29, 1.82) is 0 Å². The van der Waals surface area contributed by atoms with Crippen LogP contribution in [0, 0.1) is 6.92 Å². The van der Waals surface area contributed by atoms with Gasteiger partial charge in [0.05, 0.1) is 5.75 Å². The summed E-state index contributed by atoms with van der Waals surface area (Å²) in [5, 5.41) is 10.4. The van der Waals surface area contributed by atoms with Gasteiger partial charge in [0, 0.05) is 13.0 Å². The van der Waals surface area contributed by atoms with Gasteiger partial charge in [-0.05, 0) is 18.1 Å². The molecule has 1 heterocycles. The van der Waals surface area contributed by atoms with E-state index < -0.39 is 0 Å². The van der Waals surface area contributed by atoms with Crippen molar-refractivity contribution >= 4 is 17.7 Å². The Labute approximate surface area is 122 Å². The summed E-state index contributed by atoms with van der Waals surface area (Å²) in [6, 6.07) is 8.02. The van der Waals surface area contributed by atoms with Crippen molar-refractivity contribution < 1.29 is 4.79 Å². The van der Waals surface area contributed by atoms with Crippen LogP contribution < -0.4 is 5.32 Å². The Balaban J connectivity index is 1.77. The molecular weight excluding hydrogens is 272 g/mol. The Kier molecular flexibility index (Phi) is 5.17. The van der Waals surface area contributed by atoms with Gasteiger partial charge < -0.3 is 5.32 Å². The van der Waals surface area contributed by atoms with E-state index in [1.807, 2.05) is 38.1 Å². The molecule has 0 aliphatic carbocycles. The van der Waals surface area contributed by atoms with Gasteiger partial charge in [-0.1, -0.05) is 43.0 Å². The van der Waals surface area contributed by atoms with Crippen LogP contribution in [-0.4, -0.2) is 26.8 Å². The maximum absolute atomic E-state index is 11.8. The molecule has 5 nitrogen and oxygen atoms in total. The second-order valence-electron chi connectivity index (χ2n) is 4.41. The lowest BCUT2D eigenvalue weighted by Crippen LogP contribution is -2.24. The van der Waals surface area contributed by atoms with Gasteiger partial charge >= 0.3 is 0 Å². The summed E-state index contributed by atoms with van der Waals surface area (Å²) in [5.74, 6) is 1.15. The number of H-pyrrole nitrogens is 1. The molecule has 1 aromatic heterocycles. The molecule has 0 unspecified atom stereocenters. The van der Waals surface area contributed by atoms with Crippen LogP contribution in [-0.2, 0) is 17.8 Å². The van der Waals surface area contributed by atoms with E-state index in [1.54, 1.807) is 0 Å². The molecule has 0 atom stereocenters. The van der Waals surface area contributed by atoms with Crippen molar-refractivity contribution in [2.24, 2.45) is 0 Å². The summed E-state index contributed by atoms with van der Waals surface area (Å²) in [4.78, 5) is 16.0.